The van der Waals surface area contributed by atoms with Crippen LogP contribution in [0.2, 0.25) is 0 Å². The Morgan fingerprint density at radius 3 is 2.44 bits per heavy atom. The smallest absolute Gasteiger partial charge is 0.336 e. The van der Waals surface area contributed by atoms with Gasteiger partial charge in [0, 0.05) is 50.3 Å². The summed E-state index contributed by atoms with van der Waals surface area (Å²) < 4.78 is 16.4. The first-order valence-corrected chi connectivity index (χ1v) is 11.5. The molecule has 2 aromatic rings. The zero-order chi connectivity index (χ0) is 24.4. The number of aryl methyl sites for hydroxylation is 1. The Kier molecular flexibility index (Phi) is 6.93. The molecule has 1 N–H and O–H groups in total. The third-order valence-corrected chi connectivity index (χ3v) is 6.49. The number of ether oxygens (including phenoxy) is 2. The molecule has 0 saturated heterocycles. The summed E-state index contributed by atoms with van der Waals surface area (Å²) in [5.74, 6) is 0.321. The number of hydrogen-bond donors (Lipinski definition) is 1. The van der Waals surface area contributed by atoms with Crippen molar-refractivity contribution in [2.24, 2.45) is 0 Å². The number of furan rings is 1. The Labute approximate surface area is 200 Å². The van der Waals surface area contributed by atoms with Crippen LogP contribution in [-0.4, -0.2) is 46.2 Å². The largest absolute Gasteiger partial charge is 0.465 e. The normalized spacial score (nSPS) is 20.2. The van der Waals surface area contributed by atoms with Gasteiger partial charge in [0.25, 0.3) is 0 Å². The molecule has 2 aliphatic rings. The van der Waals surface area contributed by atoms with Crippen molar-refractivity contribution in [3.8, 4) is 0 Å². The number of benzene rings is 1. The van der Waals surface area contributed by atoms with E-state index in [1.165, 1.54) is 0 Å². The summed E-state index contributed by atoms with van der Waals surface area (Å²) in [4.78, 5) is 28.7. The molecule has 180 valence electrons. The van der Waals surface area contributed by atoms with E-state index in [9.17, 15) is 9.59 Å². The number of allylic oxidation sites excluding steroid dienone is 3. The first-order chi connectivity index (χ1) is 16.3. The maximum Gasteiger partial charge on any atom is 0.336 e. The lowest BCUT2D eigenvalue weighted by Gasteiger charge is -2.35. The molecule has 0 bridgehead atoms. The fourth-order valence-electron chi connectivity index (χ4n) is 4.78. The second-order valence-electron chi connectivity index (χ2n) is 9.08. The molecule has 0 amide bonds. The van der Waals surface area contributed by atoms with Crippen molar-refractivity contribution in [3.05, 3.63) is 76.0 Å². The molecular weight excluding hydrogens is 432 g/mol. The van der Waals surface area contributed by atoms with Crippen LogP contribution in [0.3, 0.4) is 0 Å². The van der Waals surface area contributed by atoms with Crippen LogP contribution in [0.15, 0.2) is 63.4 Å². The highest BCUT2D eigenvalue weighted by Crippen LogP contribution is 2.46. The molecule has 0 fully saturated rings. The molecule has 1 aliphatic heterocycles. The summed E-state index contributed by atoms with van der Waals surface area (Å²) in [6.45, 7) is 4.14. The first kappa shape index (κ1) is 23.8. The summed E-state index contributed by atoms with van der Waals surface area (Å²) >= 11 is 0. The summed E-state index contributed by atoms with van der Waals surface area (Å²) in [5.41, 5.74) is 4.78. The number of nitrogens with zero attached hydrogens (tertiary/aromatic N) is 1. The molecule has 1 aromatic heterocycles. The zero-order valence-electron chi connectivity index (χ0n) is 20.4. The van der Waals surface area contributed by atoms with Crippen molar-refractivity contribution in [3.63, 3.8) is 0 Å². The van der Waals surface area contributed by atoms with Crippen LogP contribution < -0.4 is 10.2 Å². The second-order valence-corrected chi connectivity index (χ2v) is 9.08. The van der Waals surface area contributed by atoms with Gasteiger partial charge in [0.2, 0.25) is 0 Å². The number of rotatable bonds is 7. The highest BCUT2D eigenvalue weighted by molar-refractivity contribution is 6.04. The van der Waals surface area contributed by atoms with Gasteiger partial charge in [0.05, 0.1) is 18.1 Å². The van der Waals surface area contributed by atoms with E-state index in [1.54, 1.807) is 7.11 Å². The summed E-state index contributed by atoms with van der Waals surface area (Å²) in [7, 11) is 5.56. The number of anilines is 1. The van der Waals surface area contributed by atoms with Crippen LogP contribution >= 0.6 is 0 Å². The third kappa shape index (κ3) is 4.66. The fraction of sp³-hybridized carbons (Fsp3) is 0.407. The van der Waals surface area contributed by atoms with Crippen LogP contribution in [0.1, 0.15) is 48.7 Å². The first-order valence-electron chi connectivity index (χ1n) is 11.5. The Hall–Kier alpha value is -3.32. The molecule has 0 saturated carbocycles. The molecule has 2 atom stereocenters. The molecular formula is C27H32N2O5. The standard InChI is InChI=1S/C27H32N2O5/c1-16-6-11-23(34-16)26-24(27(31)33-13-12-32-5)17(2)28-21-14-19(15-22(30)25(21)26)18-7-9-20(10-8-18)29(3)4/h6-11,19,26,28H,12-15H2,1-5H3/t19-,26-/m0/s1. The van der Waals surface area contributed by atoms with Gasteiger partial charge in [0.1, 0.15) is 18.1 Å². The number of Topliss-reactive ketones (excluding diaryl/α,β-unsaturated/α-hetero) is 1. The van der Waals surface area contributed by atoms with E-state index in [0.29, 0.717) is 42.1 Å². The number of dihydropyridines is 1. The molecule has 0 unspecified atom stereocenters. The van der Waals surface area contributed by atoms with Crippen LogP contribution in [0.25, 0.3) is 0 Å². The van der Waals surface area contributed by atoms with Crippen molar-refractivity contribution in [1.29, 1.82) is 0 Å². The molecule has 7 nitrogen and oxygen atoms in total. The molecule has 34 heavy (non-hydrogen) atoms. The predicted molar refractivity (Wildman–Crippen MR) is 130 cm³/mol. The predicted octanol–water partition coefficient (Wildman–Crippen LogP) is 4.21. The summed E-state index contributed by atoms with van der Waals surface area (Å²) in [6, 6.07) is 12.0. The number of ketones is 1. The zero-order valence-corrected chi connectivity index (χ0v) is 20.4. The molecule has 0 spiro atoms. The number of esters is 1. The number of carbonyl (C=O) groups is 2. The van der Waals surface area contributed by atoms with Gasteiger partial charge in [0.15, 0.2) is 5.78 Å². The maximum absolute atomic E-state index is 13.6. The topological polar surface area (TPSA) is 81.0 Å². The molecule has 1 aromatic carbocycles. The van der Waals surface area contributed by atoms with Crippen LogP contribution in [0.4, 0.5) is 5.69 Å². The van der Waals surface area contributed by atoms with E-state index in [0.717, 1.165) is 22.7 Å². The average molecular weight is 465 g/mol. The SMILES string of the molecule is COCCOC(=O)C1=C(C)NC2=C(C(=O)C[C@@H](c3ccc(N(C)C)cc3)C2)[C@H]1c1ccc(C)o1. The van der Waals surface area contributed by atoms with Crippen molar-refractivity contribution >= 4 is 17.4 Å². The number of methoxy groups -OCH3 is 1. The van der Waals surface area contributed by atoms with Gasteiger partial charge in [-0.2, -0.15) is 0 Å². The summed E-state index contributed by atoms with van der Waals surface area (Å²) in [5, 5.41) is 3.36. The van der Waals surface area contributed by atoms with Crippen molar-refractivity contribution < 1.29 is 23.5 Å². The Morgan fingerprint density at radius 2 is 1.82 bits per heavy atom. The van der Waals surface area contributed by atoms with Crippen LogP contribution in [0, 0.1) is 6.92 Å². The number of nitrogens with one attached hydrogen (secondary N) is 1. The van der Waals surface area contributed by atoms with Gasteiger partial charge in [-0.3, -0.25) is 4.79 Å². The second kappa shape index (κ2) is 9.89. The third-order valence-electron chi connectivity index (χ3n) is 6.49. The van der Waals surface area contributed by atoms with E-state index in [2.05, 4.69) is 34.5 Å². The van der Waals surface area contributed by atoms with Gasteiger partial charge in [-0.15, -0.1) is 0 Å². The van der Waals surface area contributed by atoms with Crippen LogP contribution in [0.5, 0.6) is 0 Å². The molecule has 4 rings (SSSR count). The van der Waals surface area contributed by atoms with Crippen LogP contribution in [-0.2, 0) is 19.1 Å². The molecule has 0 radical (unpaired) electrons. The van der Waals surface area contributed by atoms with E-state index < -0.39 is 11.9 Å². The van der Waals surface area contributed by atoms with Gasteiger partial charge >= 0.3 is 5.97 Å². The average Bonchev–Trinajstić information content (AvgIpc) is 3.24. The molecule has 1 aliphatic carbocycles. The lowest BCUT2D eigenvalue weighted by molar-refractivity contribution is -0.140. The van der Waals surface area contributed by atoms with Gasteiger partial charge in [-0.1, -0.05) is 12.1 Å². The van der Waals surface area contributed by atoms with Crippen molar-refractivity contribution in [2.45, 2.75) is 38.5 Å². The lowest BCUT2D eigenvalue weighted by Crippen LogP contribution is -2.36. The monoisotopic (exact) mass is 464 g/mol. The van der Waals surface area contributed by atoms with Gasteiger partial charge in [-0.05, 0) is 56.0 Å². The van der Waals surface area contributed by atoms with Crippen molar-refractivity contribution in [2.75, 3.05) is 39.3 Å². The number of carbonyl (C=O) groups excluding carboxylic acids is 2. The molecule has 2 heterocycles. The quantitative estimate of drug-likeness (QED) is 0.486. The summed E-state index contributed by atoms with van der Waals surface area (Å²) in [6.07, 6.45) is 1.06. The maximum atomic E-state index is 13.6. The minimum Gasteiger partial charge on any atom is -0.465 e. The molecule has 7 heteroatoms. The van der Waals surface area contributed by atoms with Gasteiger partial charge in [-0.25, -0.2) is 4.79 Å². The van der Waals surface area contributed by atoms with E-state index in [1.807, 2.05) is 40.1 Å². The Bertz CT molecular complexity index is 1140. The van der Waals surface area contributed by atoms with E-state index >= 15 is 0 Å². The Balaban J connectivity index is 1.69. The van der Waals surface area contributed by atoms with E-state index in [-0.39, 0.29) is 18.3 Å². The minimum absolute atomic E-state index is 0.0178. The lowest BCUT2D eigenvalue weighted by atomic mass is 9.73. The minimum atomic E-state index is -0.593. The number of hydrogen-bond acceptors (Lipinski definition) is 7. The highest BCUT2D eigenvalue weighted by atomic mass is 16.6. The fourth-order valence-corrected chi connectivity index (χ4v) is 4.78. The van der Waals surface area contributed by atoms with Gasteiger partial charge < -0.3 is 24.1 Å². The highest BCUT2D eigenvalue weighted by Gasteiger charge is 2.42. The van der Waals surface area contributed by atoms with Crippen molar-refractivity contribution in [1.82, 2.24) is 5.32 Å². The van der Waals surface area contributed by atoms with E-state index in [4.69, 9.17) is 13.9 Å². The Morgan fingerprint density at radius 1 is 1.09 bits per heavy atom.